The SMILES string of the molecule is CCN(CC)S(=O)(=O)c1cccc(NC(=O)CN(C)Cc2ccccc2OC(F)(F)F)c1. The number of sulfonamides is 1. The lowest BCUT2D eigenvalue weighted by Crippen LogP contribution is -2.31. The molecule has 2 rings (SSSR count). The van der Waals surface area contributed by atoms with Crippen LogP contribution < -0.4 is 10.1 Å². The molecule has 0 saturated carbocycles. The van der Waals surface area contributed by atoms with Crippen molar-refractivity contribution >= 4 is 21.6 Å². The van der Waals surface area contributed by atoms with Crippen molar-refractivity contribution in [1.82, 2.24) is 9.21 Å². The van der Waals surface area contributed by atoms with Crippen LogP contribution in [0.2, 0.25) is 0 Å². The molecule has 32 heavy (non-hydrogen) atoms. The van der Waals surface area contributed by atoms with E-state index in [1.54, 1.807) is 33.0 Å². The van der Waals surface area contributed by atoms with Gasteiger partial charge in [0.1, 0.15) is 5.75 Å². The summed E-state index contributed by atoms with van der Waals surface area (Å²) in [5.74, 6) is -0.777. The summed E-state index contributed by atoms with van der Waals surface area (Å²) in [4.78, 5) is 14.0. The molecule has 2 aromatic rings. The number of rotatable bonds is 10. The largest absolute Gasteiger partial charge is 0.573 e. The first-order valence-corrected chi connectivity index (χ1v) is 11.3. The van der Waals surface area contributed by atoms with Gasteiger partial charge < -0.3 is 10.1 Å². The van der Waals surface area contributed by atoms with Gasteiger partial charge in [-0.2, -0.15) is 4.31 Å². The zero-order valence-corrected chi connectivity index (χ0v) is 18.8. The van der Waals surface area contributed by atoms with Gasteiger partial charge in [0.2, 0.25) is 15.9 Å². The molecule has 0 aliphatic heterocycles. The number of alkyl halides is 3. The minimum atomic E-state index is -4.82. The molecule has 7 nitrogen and oxygen atoms in total. The van der Waals surface area contributed by atoms with E-state index in [2.05, 4.69) is 10.1 Å². The second kappa shape index (κ2) is 10.8. The minimum Gasteiger partial charge on any atom is -0.405 e. The van der Waals surface area contributed by atoms with Crippen molar-refractivity contribution in [3.05, 3.63) is 54.1 Å². The Balaban J connectivity index is 2.05. The van der Waals surface area contributed by atoms with Crippen molar-refractivity contribution in [2.24, 2.45) is 0 Å². The third-order valence-electron chi connectivity index (χ3n) is 4.51. The number of carbonyl (C=O) groups is 1. The molecule has 0 spiro atoms. The van der Waals surface area contributed by atoms with Crippen LogP contribution in [-0.2, 0) is 21.4 Å². The van der Waals surface area contributed by atoms with E-state index in [9.17, 15) is 26.4 Å². The van der Waals surface area contributed by atoms with E-state index in [4.69, 9.17) is 0 Å². The highest BCUT2D eigenvalue weighted by Crippen LogP contribution is 2.27. The van der Waals surface area contributed by atoms with Crippen molar-refractivity contribution in [1.29, 1.82) is 0 Å². The Morgan fingerprint density at radius 2 is 1.72 bits per heavy atom. The molecule has 0 radical (unpaired) electrons. The molecule has 1 amide bonds. The highest BCUT2D eigenvalue weighted by atomic mass is 32.2. The quantitative estimate of drug-likeness (QED) is 0.570. The van der Waals surface area contributed by atoms with Gasteiger partial charge in [0, 0.05) is 30.9 Å². The molecule has 0 bridgehead atoms. The van der Waals surface area contributed by atoms with Crippen LogP contribution >= 0.6 is 0 Å². The predicted octanol–water partition coefficient (Wildman–Crippen LogP) is 3.69. The fraction of sp³-hybridized carbons (Fsp3) is 0.381. The van der Waals surface area contributed by atoms with Crippen LogP contribution in [0.5, 0.6) is 5.75 Å². The number of amides is 1. The van der Waals surface area contributed by atoms with Crippen molar-refractivity contribution in [2.45, 2.75) is 31.7 Å². The molecule has 0 fully saturated rings. The van der Waals surface area contributed by atoms with Gasteiger partial charge in [-0.05, 0) is 31.3 Å². The highest BCUT2D eigenvalue weighted by molar-refractivity contribution is 7.89. The maximum absolute atomic E-state index is 12.7. The smallest absolute Gasteiger partial charge is 0.405 e. The number of benzene rings is 2. The summed E-state index contributed by atoms with van der Waals surface area (Å²) in [6, 6.07) is 11.6. The average Bonchev–Trinajstić information content (AvgIpc) is 2.69. The van der Waals surface area contributed by atoms with Gasteiger partial charge in [-0.3, -0.25) is 9.69 Å². The third-order valence-corrected chi connectivity index (χ3v) is 6.56. The lowest BCUT2D eigenvalue weighted by molar-refractivity contribution is -0.275. The Morgan fingerprint density at radius 3 is 2.34 bits per heavy atom. The highest BCUT2D eigenvalue weighted by Gasteiger charge is 2.32. The maximum Gasteiger partial charge on any atom is 0.573 e. The number of ether oxygens (including phenoxy) is 1. The second-order valence-electron chi connectivity index (χ2n) is 6.99. The molecule has 0 aliphatic rings. The number of para-hydroxylation sites is 1. The predicted molar refractivity (Wildman–Crippen MR) is 115 cm³/mol. The summed E-state index contributed by atoms with van der Waals surface area (Å²) < 4.78 is 68.4. The Kier molecular flexibility index (Phi) is 8.65. The topological polar surface area (TPSA) is 79.0 Å². The van der Waals surface area contributed by atoms with Crippen molar-refractivity contribution in [3.63, 3.8) is 0 Å². The van der Waals surface area contributed by atoms with Gasteiger partial charge in [-0.25, -0.2) is 8.42 Å². The number of nitrogens with one attached hydrogen (secondary N) is 1. The molecule has 0 aromatic heterocycles. The zero-order chi connectivity index (χ0) is 23.9. The summed E-state index contributed by atoms with van der Waals surface area (Å²) >= 11 is 0. The number of halogens is 3. The molecule has 0 saturated heterocycles. The standard InChI is InChI=1S/C21H26F3N3O4S/c1-4-27(5-2)32(29,30)18-11-8-10-17(13-18)25-20(28)15-26(3)14-16-9-6-7-12-19(16)31-21(22,23)24/h6-13H,4-5,14-15H2,1-3H3,(H,25,28). The first-order valence-electron chi connectivity index (χ1n) is 9.88. The van der Waals surface area contributed by atoms with E-state index in [1.165, 1.54) is 45.6 Å². The van der Waals surface area contributed by atoms with Gasteiger partial charge in [0.25, 0.3) is 0 Å². The van der Waals surface area contributed by atoms with Gasteiger partial charge in [0.05, 0.1) is 11.4 Å². The molecule has 11 heteroatoms. The first-order chi connectivity index (χ1) is 15.0. The number of anilines is 1. The maximum atomic E-state index is 12.7. The van der Waals surface area contributed by atoms with E-state index >= 15 is 0 Å². The van der Waals surface area contributed by atoms with Crippen LogP contribution in [-0.4, -0.2) is 56.6 Å². The summed E-state index contributed by atoms with van der Waals surface area (Å²) in [6.45, 7) is 4.02. The van der Waals surface area contributed by atoms with Crippen LogP contribution in [0.25, 0.3) is 0 Å². The van der Waals surface area contributed by atoms with Gasteiger partial charge >= 0.3 is 6.36 Å². The molecule has 0 atom stereocenters. The van der Waals surface area contributed by atoms with Crippen molar-refractivity contribution in [3.8, 4) is 5.75 Å². The van der Waals surface area contributed by atoms with E-state index in [0.717, 1.165) is 0 Å². The number of likely N-dealkylation sites (N-methyl/N-ethyl adjacent to an activating group) is 1. The number of hydrogen-bond acceptors (Lipinski definition) is 5. The van der Waals surface area contributed by atoms with Crippen LogP contribution in [0.4, 0.5) is 18.9 Å². The molecular weight excluding hydrogens is 447 g/mol. The van der Waals surface area contributed by atoms with Crippen molar-refractivity contribution in [2.75, 3.05) is 32.0 Å². The number of hydrogen-bond donors (Lipinski definition) is 1. The Hall–Kier alpha value is -2.63. The van der Waals surface area contributed by atoms with Crippen LogP contribution in [0, 0.1) is 0 Å². The lowest BCUT2D eigenvalue weighted by atomic mass is 10.2. The van der Waals surface area contributed by atoms with Gasteiger partial charge in [0.15, 0.2) is 0 Å². The molecule has 2 aromatic carbocycles. The Labute approximate surface area is 185 Å². The summed E-state index contributed by atoms with van der Waals surface area (Å²) in [5, 5.41) is 2.62. The second-order valence-corrected chi connectivity index (χ2v) is 8.93. The zero-order valence-electron chi connectivity index (χ0n) is 18.0. The third kappa shape index (κ3) is 7.21. The van der Waals surface area contributed by atoms with E-state index < -0.39 is 22.3 Å². The molecular formula is C21H26F3N3O4S. The van der Waals surface area contributed by atoms with E-state index in [0.29, 0.717) is 18.8 Å². The lowest BCUT2D eigenvalue weighted by Gasteiger charge is -2.20. The van der Waals surface area contributed by atoms with Crippen LogP contribution in [0.1, 0.15) is 19.4 Å². The molecule has 176 valence electrons. The fourth-order valence-corrected chi connectivity index (χ4v) is 4.60. The van der Waals surface area contributed by atoms with Crippen LogP contribution in [0.15, 0.2) is 53.4 Å². The Morgan fingerprint density at radius 1 is 1.06 bits per heavy atom. The average molecular weight is 474 g/mol. The number of nitrogens with zero attached hydrogens (tertiary/aromatic N) is 2. The minimum absolute atomic E-state index is 0.0378. The molecule has 1 N–H and O–H groups in total. The van der Waals surface area contributed by atoms with Crippen molar-refractivity contribution < 1.29 is 31.1 Å². The fourth-order valence-electron chi connectivity index (χ4n) is 3.10. The normalized spacial score (nSPS) is 12.2. The summed E-state index contributed by atoms with van der Waals surface area (Å²) in [6.07, 6.45) is -4.82. The molecule has 0 unspecified atom stereocenters. The van der Waals surface area contributed by atoms with E-state index in [-0.39, 0.29) is 29.3 Å². The van der Waals surface area contributed by atoms with Gasteiger partial charge in [-0.1, -0.05) is 38.1 Å². The first kappa shape index (κ1) is 25.6. The summed E-state index contributed by atoms with van der Waals surface area (Å²) in [5.41, 5.74) is 0.574. The van der Waals surface area contributed by atoms with Gasteiger partial charge in [-0.15, -0.1) is 13.2 Å². The Bertz CT molecular complexity index is 1020. The monoisotopic (exact) mass is 473 g/mol. The summed E-state index contributed by atoms with van der Waals surface area (Å²) in [7, 11) is -2.10. The van der Waals surface area contributed by atoms with E-state index in [1.807, 2.05) is 0 Å². The van der Waals surface area contributed by atoms with Crippen LogP contribution in [0.3, 0.4) is 0 Å². The molecule has 0 aliphatic carbocycles. The molecule has 0 heterocycles. The number of carbonyl (C=O) groups excluding carboxylic acids is 1.